The Bertz CT molecular complexity index is 1330. The average molecular weight is 495 g/mol. The van der Waals surface area contributed by atoms with Crippen molar-refractivity contribution in [2.24, 2.45) is 4.99 Å². The second-order valence-electron chi connectivity index (χ2n) is 8.28. The van der Waals surface area contributed by atoms with Crippen molar-refractivity contribution in [3.05, 3.63) is 69.2 Å². The van der Waals surface area contributed by atoms with Crippen LogP contribution in [0.2, 0.25) is 0 Å². The second kappa shape index (κ2) is 11.3. The van der Waals surface area contributed by atoms with Gasteiger partial charge in [0.25, 0.3) is 5.56 Å². The number of rotatable bonds is 8. The minimum atomic E-state index is -0.482. The standard InChI is InChI=1S/C26H30N4O4S/c1-33-22-12-6-4-10-20(22)29-24(31)19(18-27-14-17-28-15-8-3-9-16-28)25(32)30(26(29)35)21-11-5-7-13-23(21)34-2/h4-7,10-13,18,31H,3,8-9,14-17H2,1-2H3. The number of aromatic nitrogens is 2. The molecule has 35 heavy (non-hydrogen) atoms. The minimum absolute atomic E-state index is 0.0362. The van der Waals surface area contributed by atoms with Crippen LogP contribution in [-0.2, 0) is 0 Å². The molecule has 1 aliphatic rings. The number of piperidine rings is 1. The number of nitrogens with zero attached hydrogens (tertiary/aromatic N) is 4. The summed E-state index contributed by atoms with van der Waals surface area (Å²) in [7, 11) is 3.07. The summed E-state index contributed by atoms with van der Waals surface area (Å²) >= 11 is 5.73. The van der Waals surface area contributed by atoms with Gasteiger partial charge >= 0.3 is 0 Å². The van der Waals surface area contributed by atoms with Crippen LogP contribution in [0.5, 0.6) is 17.4 Å². The summed E-state index contributed by atoms with van der Waals surface area (Å²) < 4.78 is 13.9. The van der Waals surface area contributed by atoms with E-state index in [2.05, 4.69) is 9.89 Å². The number of likely N-dealkylation sites (tertiary alicyclic amines) is 1. The molecule has 0 unspecified atom stereocenters. The molecule has 1 N–H and O–H groups in total. The fourth-order valence-corrected chi connectivity index (χ4v) is 4.69. The molecule has 2 heterocycles. The normalized spacial score (nSPS) is 14.3. The molecule has 0 spiro atoms. The molecule has 2 aromatic carbocycles. The van der Waals surface area contributed by atoms with Gasteiger partial charge in [-0.2, -0.15) is 0 Å². The Balaban J connectivity index is 1.86. The van der Waals surface area contributed by atoms with Crippen LogP contribution >= 0.6 is 12.2 Å². The number of ether oxygens (including phenoxy) is 2. The Kier molecular flexibility index (Phi) is 7.99. The van der Waals surface area contributed by atoms with Gasteiger partial charge in [-0.25, -0.2) is 4.57 Å². The lowest BCUT2D eigenvalue weighted by molar-refractivity contribution is 0.235. The summed E-state index contributed by atoms with van der Waals surface area (Å²) in [6.07, 6.45) is 5.11. The maximum Gasteiger partial charge on any atom is 0.271 e. The molecule has 1 fully saturated rings. The SMILES string of the molecule is COc1ccccc1-n1c(O)c(C=NCCN2CCCCC2)c(=O)n(-c2ccccc2OC)c1=S. The largest absolute Gasteiger partial charge is 0.495 e. The van der Waals surface area contributed by atoms with Gasteiger partial charge < -0.3 is 19.5 Å². The van der Waals surface area contributed by atoms with Crippen molar-refractivity contribution >= 4 is 18.4 Å². The summed E-state index contributed by atoms with van der Waals surface area (Å²) in [6, 6.07) is 14.3. The smallest absolute Gasteiger partial charge is 0.271 e. The number of aromatic hydroxyl groups is 1. The third kappa shape index (κ3) is 5.16. The van der Waals surface area contributed by atoms with Crippen molar-refractivity contribution in [3.8, 4) is 28.8 Å². The molecule has 0 atom stereocenters. The maximum atomic E-state index is 13.6. The number of hydrogen-bond acceptors (Lipinski definition) is 7. The van der Waals surface area contributed by atoms with Crippen LogP contribution in [0.1, 0.15) is 24.8 Å². The second-order valence-corrected chi connectivity index (χ2v) is 8.64. The van der Waals surface area contributed by atoms with Crippen molar-refractivity contribution in [1.82, 2.24) is 14.0 Å². The van der Waals surface area contributed by atoms with E-state index in [1.165, 1.54) is 41.7 Å². The Morgan fingerprint density at radius 1 is 0.943 bits per heavy atom. The quantitative estimate of drug-likeness (QED) is 0.377. The zero-order valence-electron chi connectivity index (χ0n) is 20.0. The van der Waals surface area contributed by atoms with E-state index in [1.807, 2.05) is 18.2 Å². The van der Waals surface area contributed by atoms with Gasteiger partial charge in [0.1, 0.15) is 17.1 Å². The highest BCUT2D eigenvalue weighted by Crippen LogP contribution is 2.29. The van der Waals surface area contributed by atoms with E-state index in [-0.39, 0.29) is 16.2 Å². The summed E-state index contributed by atoms with van der Waals surface area (Å²) in [6.45, 7) is 3.47. The van der Waals surface area contributed by atoms with Crippen LogP contribution in [-0.4, -0.2) is 65.8 Å². The highest BCUT2D eigenvalue weighted by molar-refractivity contribution is 7.71. The molecule has 0 aliphatic carbocycles. The van der Waals surface area contributed by atoms with E-state index in [4.69, 9.17) is 21.7 Å². The van der Waals surface area contributed by atoms with Gasteiger partial charge in [-0.3, -0.25) is 14.4 Å². The van der Waals surface area contributed by atoms with E-state index >= 15 is 0 Å². The predicted molar refractivity (Wildman–Crippen MR) is 140 cm³/mol. The van der Waals surface area contributed by atoms with Crippen LogP contribution in [0.3, 0.4) is 0 Å². The van der Waals surface area contributed by atoms with Crippen molar-refractivity contribution in [2.75, 3.05) is 40.4 Å². The molecule has 1 saturated heterocycles. The van der Waals surface area contributed by atoms with E-state index < -0.39 is 5.56 Å². The lowest BCUT2D eigenvalue weighted by atomic mass is 10.1. The van der Waals surface area contributed by atoms with Crippen LogP contribution in [0.4, 0.5) is 0 Å². The van der Waals surface area contributed by atoms with Crippen molar-refractivity contribution in [1.29, 1.82) is 0 Å². The zero-order valence-corrected chi connectivity index (χ0v) is 20.8. The van der Waals surface area contributed by atoms with E-state index in [0.717, 1.165) is 19.6 Å². The van der Waals surface area contributed by atoms with Crippen molar-refractivity contribution < 1.29 is 14.6 Å². The predicted octanol–water partition coefficient (Wildman–Crippen LogP) is 3.99. The maximum absolute atomic E-state index is 13.6. The van der Waals surface area contributed by atoms with Gasteiger partial charge in [0, 0.05) is 12.8 Å². The molecule has 8 nitrogen and oxygen atoms in total. The molecule has 1 aromatic heterocycles. The molecule has 0 radical (unpaired) electrons. The molecular formula is C26H30N4O4S. The van der Waals surface area contributed by atoms with Gasteiger partial charge in [0.15, 0.2) is 4.77 Å². The Morgan fingerprint density at radius 2 is 1.51 bits per heavy atom. The molecule has 1 aliphatic heterocycles. The van der Waals surface area contributed by atoms with Crippen LogP contribution in [0, 0.1) is 4.77 Å². The van der Waals surface area contributed by atoms with Crippen LogP contribution in [0.25, 0.3) is 11.4 Å². The van der Waals surface area contributed by atoms with Crippen LogP contribution in [0.15, 0.2) is 58.3 Å². The van der Waals surface area contributed by atoms with Gasteiger partial charge in [-0.05, 0) is 62.4 Å². The highest BCUT2D eigenvalue weighted by Gasteiger charge is 2.21. The lowest BCUT2D eigenvalue weighted by Crippen LogP contribution is -2.32. The number of benzene rings is 2. The van der Waals surface area contributed by atoms with Crippen LogP contribution < -0.4 is 15.0 Å². The first-order valence-electron chi connectivity index (χ1n) is 11.7. The minimum Gasteiger partial charge on any atom is -0.495 e. The fraction of sp³-hybridized carbons (Fsp3) is 0.346. The number of aliphatic imine (C=N–C) groups is 1. The molecule has 0 amide bonds. The number of methoxy groups -OCH3 is 2. The first kappa shape index (κ1) is 24.7. The van der Waals surface area contributed by atoms with Gasteiger partial charge in [-0.1, -0.05) is 30.7 Å². The zero-order chi connectivity index (χ0) is 24.8. The first-order chi connectivity index (χ1) is 17.1. The average Bonchev–Trinajstić information content (AvgIpc) is 2.89. The molecule has 9 heteroatoms. The summed E-state index contributed by atoms with van der Waals surface area (Å²) in [5, 5.41) is 11.3. The number of hydrogen-bond donors (Lipinski definition) is 1. The van der Waals surface area contributed by atoms with E-state index in [0.29, 0.717) is 29.4 Å². The van der Waals surface area contributed by atoms with E-state index in [1.54, 1.807) is 37.4 Å². The third-order valence-corrected chi connectivity index (χ3v) is 6.50. The summed E-state index contributed by atoms with van der Waals surface area (Å²) in [4.78, 5) is 20.5. The highest BCUT2D eigenvalue weighted by atomic mass is 32.1. The monoisotopic (exact) mass is 494 g/mol. The molecule has 184 valence electrons. The van der Waals surface area contributed by atoms with Gasteiger partial charge in [0.2, 0.25) is 5.88 Å². The molecule has 0 saturated carbocycles. The van der Waals surface area contributed by atoms with Gasteiger partial charge in [0.05, 0.1) is 32.1 Å². The molecule has 4 rings (SSSR count). The Labute approximate surface area is 209 Å². The Morgan fingerprint density at radius 3 is 2.11 bits per heavy atom. The first-order valence-corrected chi connectivity index (χ1v) is 12.1. The number of para-hydroxylation sites is 4. The van der Waals surface area contributed by atoms with Gasteiger partial charge in [-0.15, -0.1) is 0 Å². The molecule has 0 bridgehead atoms. The topological polar surface area (TPSA) is 81.2 Å². The Hall–Kier alpha value is -3.43. The summed E-state index contributed by atoms with van der Waals surface area (Å²) in [5.74, 6) is 0.681. The van der Waals surface area contributed by atoms with Crippen molar-refractivity contribution in [3.63, 3.8) is 0 Å². The lowest BCUT2D eigenvalue weighted by Gasteiger charge is -2.25. The van der Waals surface area contributed by atoms with E-state index in [9.17, 15) is 9.90 Å². The molecule has 3 aromatic rings. The van der Waals surface area contributed by atoms with Crippen molar-refractivity contribution in [2.45, 2.75) is 19.3 Å². The molecular weight excluding hydrogens is 464 g/mol. The third-order valence-electron chi connectivity index (χ3n) is 6.14. The fourth-order valence-electron chi connectivity index (χ4n) is 4.32. The summed E-state index contributed by atoms with van der Waals surface area (Å²) in [5.41, 5.74) is 0.527.